The monoisotopic (exact) mass is 238 g/mol. The van der Waals surface area contributed by atoms with Crippen LogP contribution in [0.5, 0.6) is 0 Å². The number of rotatable bonds is 3. The summed E-state index contributed by atoms with van der Waals surface area (Å²) in [6.07, 6.45) is 3.74. The smallest absolute Gasteiger partial charge is 0.167 e. The Balaban J connectivity index is 2.06. The molecular weight excluding hydrogens is 228 g/mol. The molecule has 0 saturated carbocycles. The quantitative estimate of drug-likeness (QED) is 0.763. The Bertz CT molecular complexity index is 453. The fourth-order valence-corrected chi connectivity index (χ4v) is 2.47. The van der Waals surface area contributed by atoms with E-state index >= 15 is 0 Å². The first-order valence-electron chi connectivity index (χ1n) is 4.61. The molecule has 2 rings (SSSR count). The van der Waals surface area contributed by atoms with Crippen molar-refractivity contribution in [3.63, 3.8) is 0 Å². The lowest BCUT2D eigenvalue weighted by molar-refractivity contribution is 0.790. The van der Waals surface area contributed by atoms with Crippen molar-refractivity contribution in [3.8, 4) is 0 Å². The second kappa shape index (κ2) is 4.73. The van der Waals surface area contributed by atoms with Gasteiger partial charge in [-0.1, -0.05) is 41.6 Å². The number of thioether (sulfide) groups is 1. The standard InChI is InChI=1S/C11H11ClN2S/c1-14-7-6-13-11(14)15-8-9-4-2-3-5-10(9)12/h2-7H,8H2,1H3. The average molecular weight is 239 g/mol. The molecule has 0 aliphatic carbocycles. The molecule has 78 valence electrons. The molecule has 1 aromatic carbocycles. The molecule has 0 N–H and O–H groups in total. The summed E-state index contributed by atoms with van der Waals surface area (Å²) < 4.78 is 2.00. The van der Waals surface area contributed by atoms with Gasteiger partial charge in [0, 0.05) is 30.2 Å². The summed E-state index contributed by atoms with van der Waals surface area (Å²) in [4.78, 5) is 4.24. The largest absolute Gasteiger partial charge is 0.329 e. The van der Waals surface area contributed by atoms with Gasteiger partial charge in [-0.2, -0.15) is 0 Å². The third kappa shape index (κ3) is 2.55. The molecule has 15 heavy (non-hydrogen) atoms. The summed E-state index contributed by atoms with van der Waals surface area (Å²) in [7, 11) is 1.99. The number of halogens is 1. The molecule has 2 nitrogen and oxygen atoms in total. The molecule has 1 heterocycles. The number of nitrogens with zero attached hydrogens (tertiary/aromatic N) is 2. The van der Waals surface area contributed by atoms with E-state index in [1.165, 1.54) is 0 Å². The molecule has 0 aliphatic rings. The third-order valence-electron chi connectivity index (χ3n) is 2.09. The predicted molar refractivity (Wildman–Crippen MR) is 64.2 cm³/mol. The fraction of sp³-hybridized carbons (Fsp3) is 0.182. The lowest BCUT2D eigenvalue weighted by Gasteiger charge is -2.03. The summed E-state index contributed by atoms with van der Waals surface area (Å²) in [6, 6.07) is 7.89. The topological polar surface area (TPSA) is 17.8 Å². The minimum Gasteiger partial charge on any atom is -0.329 e. The molecule has 0 saturated heterocycles. The van der Waals surface area contributed by atoms with Crippen molar-refractivity contribution in [2.45, 2.75) is 10.9 Å². The highest BCUT2D eigenvalue weighted by Gasteiger charge is 2.03. The minimum absolute atomic E-state index is 0.819. The fourth-order valence-electron chi connectivity index (χ4n) is 1.25. The number of aryl methyl sites for hydroxylation is 1. The van der Waals surface area contributed by atoms with E-state index < -0.39 is 0 Å². The van der Waals surface area contributed by atoms with Gasteiger partial charge in [0.1, 0.15) is 0 Å². The molecule has 0 bridgehead atoms. The van der Waals surface area contributed by atoms with Crippen LogP contribution in [-0.4, -0.2) is 9.55 Å². The molecular formula is C11H11ClN2S. The van der Waals surface area contributed by atoms with E-state index in [2.05, 4.69) is 4.98 Å². The maximum atomic E-state index is 6.06. The Morgan fingerprint density at radius 3 is 2.87 bits per heavy atom. The maximum Gasteiger partial charge on any atom is 0.167 e. The van der Waals surface area contributed by atoms with Crippen LogP contribution in [0, 0.1) is 0 Å². The molecule has 0 fully saturated rings. The molecule has 0 unspecified atom stereocenters. The summed E-state index contributed by atoms with van der Waals surface area (Å²) in [5.41, 5.74) is 1.15. The Morgan fingerprint density at radius 1 is 1.40 bits per heavy atom. The van der Waals surface area contributed by atoms with E-state index in [1.54, 1.807) is 18.0 Å². The Morgan fingerprint density at radius 2 is 2.20 bits per heavy atom. The van der Waals surface area contributed by atoms with Gasteiger partial charge >= 0.3 is 0 Å². The van der Waals surface area contributed by atoms with Gasteiger partial charge in [-0.05, 0) is 11.6 Å². The Hall–Kier alpha value is -0.930. The van der Waals surface area contributed by atoms with E-state index in [-0.39, 0.29) is 0 Å². The first-order chi connectivity index (χ1) is 7.27. The molecule has 4 heteroatoms. The summed E-state index contributed by atoms with van der Waals surface area (Å²) >= 11 is 7.75. The van der Waals surface area contributed by atoms with Gasteiger partial charge < -0.3 is 4.57 Å². The number of hydrogen-bond acceptors (Lipinski definition) is 2. The van der Waals surface area contributed by atoms with Gasteiger partial charge in [0.05, 0.1) is 0 Å². The SMILES string of the molecule is Cn1ccnc1SCc1ccccc1Cl. The zero-order chi connectivity index (χ0) is 10.7. The van der Waals surface area contributed by atoms with E-state index in [1.807, 2.05) is 42.1 Å². The van der Waals surface area contributed by atoms with E-state index in [0.29, 0.717) is 0 Å². The predicted octanol–water partition coefficient (Wildman–Crippen LogP) is 3.37. The van der Waals surface area contributed by atoms with Crippen molar-refractivity contribution in [3.05, 3.63) is 47.2 Å². The molecule has 2 aromatic rings. The number of aromatic nitrogens is 2. The van der Waals surface area contributed by atoms with E-state index in [4.69, 9.17) is 11.6 Å². The molecule has 1 aromatic heterocycles. The van der Waals surface area contributed by atoms with Crippen LogP contribution < -0.4 is 0 Å². The normalized spacial score (nSPS) is 10.5. The molecule has 0 atom stereocenters. The highest BCUT2D eigenvalue weighted by Crippen LogP contribution is 2.24. The van der Waals surface area contributed by atoms with Gasteiger partial charge in [0.15, 0.2) is 5.16 Å². The van der Waals surface area contributed by atoms with Gasteiger partial charge in [-0.25, -0.2) is 4.98 Å². The van der Waals surface area contributed by atoms with E-state index in [9.17, 15) is 0 Å². The van der Waals surface area contributed by atoms with Crippen molar-refractivity contribution in [2.24, 2.45) is 7.05 Å². The van der Waals surface area contributed by atoms with Gasteiger partial charge in [-0.15, -0.1) is 0 Å². The Labute approximate surface area is 98.3 Å². The van der Waals surface area contributed by atoms with Crippen molar-refractivity contribution in [2.75, 3.05) is 0 Å². The summed E-state index contributed by atoms with van der Waals surface area (Å²) in [5.74, 6) is 0.852. The number of imidazole rings is 1. The maximum absolute atomic E-state index is 6.06. The summed E-state index contributed by atoms with van der Waals surface area (Å²) in [6.45, 7) is 0. The Kier molecular flexibility index (Phi) is 3.34. The summed E-state index contributed by atoms with van der Waals surface area (Å²) in [5, 5.41) is 1.83. The zero-order valence-corrected chi connectivity index (χ0v) is 9.92. The van der Waals surface area contributed by atoms with Gasteiger partial charge in [0.25, 0.3) is 0 Å². The van der Waals surface area contributed by atoms with Crippen molar-refractivity contribution in [1.29, 1.82) is 0 Å². The number of hydrogen-bond donors (Lipinski definition) is 0. The zero-order valence-electron chi connectivity index (χ0n) is 8.35. The van der Waals surface area contributed by atoms with Crippen molar-refractivity contribution < 1.29 is 0 Å². The third-order valence-corrected chi connectivity index (χ3v) is 3.57. The molecule has 0 amide bonds. The van der Waals surface area contributed by atoms with Crippen molar-refractivity contribution >= 4 is 23.4 Å². The second-order valence-electron chi connectivity index (χ2n) is 3.20. The van der Waals surface area contributed by atoms with Crippen LogP contribution in [0.4, 0.5) is 0 Å². The van der Waals surface area contributed by atoms with Crippen LogP contribution in [0.2, 0.25) is 5.02 Å². The van der Waals surface area contributed by atoms with Crippen LogP contribution >= 0.6 is 23.4 Å². The van der Waals surface area contributed by atoms with Crippen molar-refractivity contribution in [1.82, 2.24) is 9.55 Å². The first-order valence-corrected chi connectivity index (χ1v) is 5.97. The van der Waals surface area contributed by atoms with E-state index in [0.717, 1.165) is 21.5 Å². The van der Waals surface area contributed by atoms with Crippen LogP contribution in [0.15, 0.2) is 41.8 Å². The second-order valence-corrected chi connectivity index (χ2v) is 4.55. The minimum atomic E-state index is 0.819. The van der Waals surface area contributed by atoms with Crippen LogP contribution in [0.25, 0.3) is 0 Å². The highest BCUT2D eigenvalue weighted by atomic mass is 35.5. The van der Waals surface area contributed by atoms with Crippen LogP contribution in [0.3, 0.4) is 0 Å². The van der Waals surface area contributed by atoms with Crippen LogP contribution in [-0.2, 0) is 12.8 Å². The molecule has 0 radical (unpaired) electrons. The lowest BCUT2D eigenvalue weighted by Crippen LogP contribution is -1.90. The molecule has 0 aliphatic heterocycles. The molecule has 0 spiro atoms. The lowest BCUT2D eigenvalue weighted by atomic mass is 10.2. The number of benzene rings is 1. The van der Waals surface area contributed by atoms with Crippen LogP contribution in [0.1, 0.15) is 5.56 Å². The van der Waals surface area contributed by atoms with Gasteiger partial charge in [-0.3, -0.25) is 0 Å². The van der Waals surface area contributed by atoms with Gasteiger partial charge in [0.2, 0.25) is 0 Å². The average Bonchev–Trinajstić information content (AvgIpc) is 2.63. The highest BCUT2D eigenvalue weighted by molar-refractivity contribution is 7.98. The first kappa shape index (κ1) is 10.6.